The zero-order valence-corrected chi connectivity index (χ0v) is 18.4. The predicted octanol–water partition coefficient (Wildman–Crippen LogP) is 4.04. The third-order valence-corrected chi connectivity index (χ3v) is 5.73. The largest absolute Gasteiger partial charge is 0.497 e. The number of amides is 3. The number of likely N-dealkylation sites (tertiary alicyclic amines) is 1. The minimum atomic E-state index is -0.484. The zero-order valence-electron chi connectivity index (χ0n) is 18.4. The molecule has 0 aliphatic carbocycles. The van der Waals surface area contributed by atoms with Gasteiger partial charge in [0.1, 0.15) is 11.5 Å². The molecule has 0 spiro atoms. The molecule has 0 saturated carbocycles. The summed E-state index contributed by atoms with van der Waals surface area (Å²) >= 11 is 0. The minimum Gasteiger partial charge on any atom is -0.497 e. The van der Waals surface area contributed by atoms with E-state index in [4.69, 9.17) is 9.47 Å². The third kappa shape index (κ3) is 5.90. The Bertz CT molecular complexity index is 873. The van der Waals surface area contributed by atoms with Crippen LogP contribution in [0.1, 0.15) is 32.3 Å². The first-order valence-electron chi connectivity index (χ1n) is 10.6. The molecule has 1 fully saturated rings. The normalized spacial score (nSPS) is 15.1. The standard InChI is InChI=1S/C24H31N3O4/c1-4-31-21-11-7-19(8-12-21)26-23(29)27-15-13-24(2,14-16-27)22(28)25-17-18-5-9-20(30-3)10-6-18/h5-12H,4,13-17H2,1-3H3,(H,25,28)(H,26,29). The molecule has 0 unspecified atom stereocenters. The molecule has 31 heavy (non-hydrogen) atoms. The van der Waals surface area contributed by atoms with Crippen LogP contribution < -0.4 is 20.1 Å². The van der Waals surface area contributed by atoms with Gasteiger partial charge in [0.15, 0.2) is 0 Å². The SMILES string of the molecule is CCOc1ccc(NC(=O)N2CCC(C)(C(=O)NCc3ccc(OC)cc3)CC2)cc1. The number of urea groups is 1. The van der Waals surface area contributed by atoms with E-state index in [2.05, 4.69) is 10.6 Å². The van der Waals surface area contributed by atoms with Gasteiger partial charge in [0.2, 0.25) is 5.91 Å². The number of piperidine rings is 1. The van der Waals surface area contributed by atoms with Crippen molar-refractivity contribution in [3.05, 3.63) is 54.1 Å². The van der Waals surface area contributed by atoms with Crippen LogP contribution in [0.3, 0.4) is 0 Å². The number of methoxy groups -OCH3 is 1. The highest BCUT2D eigenvalue weighted by Crippen LogP contribution is 2.31. The summed E-state index contributed by atoms with van der Waals surface area (Å²) in [7, 11) is 1.63. The Labute approximate surface area is 183 Å². The van der Waals surface area contributed by atoms with Gasteiger partial charge in [-0.25, -0.2) is 4.79 Å². The number of carbonyl (C=O) groups excluding carboxylic acids is 2. The molecule has 7 heteroatoms. The maximum Gasteiger partial charge on any atom is 0.321 e. The van der Waals surface area contributed by atoms with Crippen molar-refractivity contribution in [3.63, 3.8) is 0 Å². The average molecular weight is 426 g/mol. The number of nitrogens with one attached hydrogen (secondary N) is 2. The van der Waals surface area contributed by atoms with Gasteiger partial charge < -0.3 is 25.0 Å². The molecule has 1 aliphatic rings. The van der Waals surface area contributed by atoms with Gasteiger partial charge in [-0.2, -0.15) is 0 Å². The molecular weight excluding hydrogens is 394 g/mol. The summed E-state index contributed by atoms with van der Waals surface area (Å²) in [5, 5.41) is 5.95. The van der Waals surface area contributed by atoms with Crippen molar-refractivity contribution < 1.29 is 19.1 Å². The van der Waals surface area contributed by atoms with Crippen LogP contribution in [-0.2, 0) is 11.3 Å². The molecule has 2 aromatic rings. The topological polar surface area (TPSA) is 79.9 Å². The van der Waals surface area contributed by atoms with Crippen molar-refractivity contribution >= 4 is 17.6 Å². The molecule has 1 saturated heterocycles. The minimum absolute atomic E-state index is 0.0230. The molecule has 0 atom stereocenters. The van der Waals surface area contributed by atoms with Crippen LogP contribution in [0.2, 0.25) is 0 Å². The van der Waals surface area contributed by atoms with E-state index in [1.54, 1.807) is 12.0 Å². The summed E-state index contributed by atoms with van der Waals surface area (Å²) in [6.45, 7) is 6.05. The van der Waals surface area contributed by atoms with E-state index in [-0.39, 0.29) is 11.9 Å². The smallest absolute Gasteiger partial charge is 0.321 e. The van der Waals surface area contributed by atoms with E-state index < -0.39 is 5.41 Å². The van der Waals surface area contributed by atoms with Crippen LogP contribution in [-0.4, -0.2) is 43.6 Å². The molecule has 0 aromatic heterocycles. The second-order valence-electron chi connectivity index (χ2n) is 7.97. The highest BCUT2D eigenvalue weighted by atomic mass is 16.5. The molecule has 3 amide bonds. The number of ether oxygens (including phenoxy) is 2. The lowest BCUT2D eigenvalue weighted by Gasteiger charge is -2.38. The van der Waals surface area contributed by atoms with Crippen molar-refractivity contribution in [2.45, 2.75) is 33.2 Å². The maximum absolute atomic E-state index is 12.8. The first-order chi connectivity index (χ1) is 14.9. The summed E-state index contributed by atoms with van der Waals surface area (Å²) < 4.78 is 10.6. The van der Waals surface area contributed by atoms with Gasteiger partial charge in [-0.1, -0.05) is 19.1 Å². The monoisotopic (exact) mass is 425 g/mol. The molecule has 1 aliphatic heterocycles. The van der Waals surface area contributed by atoms with Crippen LogP contribution in [0.4, 0.5) is 10.5 Å². The summed E-state index contributed by atoms with van der Waals surface area (Å²) in [6, 6.07) is 14.8. The van der Waals surface area contributed by atoms with Crippen molar-refractivity contribution in [2.24, 2.45) is 5.41 Å². The molecule has 166 valence electrons. The number of carbonyl (C=O) groups is 2. The molecule has 1 heterocycles. The lowest BCUT2D eigenvalue weighted by molar-refractivity contribution is -0.132. The van der Waals surface area contributed by atoms with Crippen LogP contribution in [0.15, 0.2) is 48.5 Å². The molecular formula is C24H31N3O4. The van der Waals surface area contributed by atoms with Crippen LogP contribution in [0.5, 0.6) is 11.5 Å². The Hall–Kier alpha value is -3.22. The van der Waals surface area contributed by atoms with Crippen LogP contribution in [0, 0.1) is 5.41 Å². The predicted molar refractivity (Wildman–Crippen MR) is 120 cm³/mol. The van der Waals surface area contributed by atoms with Crippen molar-refractivity contribution in [1.82, 2.24) is 10.2 Å². The van der Waals surface area contributed by atoms with Crippen molar-refractivity contribution in [1.29, 1.82) is 0 Å². The Balaban J connectivity index is 1.47. The molecule has 2 N–H and O–H groups in total. The molecule has 2 aromatic carbocycles. The Morgan fingerprint density at radius 1 is 1.00 bits per heavy atom. The lowest BCUT2D eigenvalue weighted by atomic mass is 9.79. The van der Waals surface area contributed by atoms with E-state index in [1.165, 1.54) is 0 Å². The fraction of sp³-hybridized carbons (Fsp3) is 0.417. The Morgan fingerprint density at radius 2 is 1.61 bits per heavy atom. The number of hydrogen-bond acceptors (Lipinski definition) is 4. The van der Waals surface area contributed by atoms with Crippen LogP contribution in [0.25, 0.3) is 0 Å². The zero-order chi connectivity index (χ0) is 22.3. The quantitative estimate of drug-likeness (QED) is 0.702. The number of rotatable bonds is 7. The van der Waals surface area contributed by atoms with Gasteiger partial charge in [-0.15, -0.1) is 0 Å². The highest BCUT2D eigenvalue weighted by molar-refractivity contribution is 5.90. The van der Waals surface area contributed by atoms with Crippen LogP contribution >= 0.6 is 0 Å². The summed E-state index contributed by atoms with van der Waals surface area (Å²) in [4.78, 5) is 27.2. The fourth-order valence-electron chi connectivity index (χ4n) is 3.57. The number of hydrogen-bond donors (Lipinski definition) is 2. The first kappa shape index (κ1) is 22.5. The Kier molecular flexibility index (Phi) is 7.39. The Morgan fingerprint density at radius 3 is 2.19 bits per heavy atom. The number of benzene rings is 2. The average Bonchev–Trinajstić information content (AvgIpc) is 2.79. The van der Waals surface area contributed by atoms with Gasteiger partial charge in [0.25, 0.3) is 0 Å². The summed E-state index contributed by atoms with van der Waals surface area (Å²) in [6.07, 6.45) is 1.25. The van der Waals surface area contributed by atoms with E-state index >= 15 is 0 Å². The van der Waals surface area contributed by atoms with Gasteiger partial charge in [-0.3, -0.25) is 4.79 Å². The third-order valence-electron chi connectivity index (χ3n) is 5.73. The second kappa shape index (κ2) is 10.2. The first-order valence-corrected chi connectivity index (χ1v) is 10.6. The van der Waals surface area contributed by atoms with E-state index in [0.717, 1.165) is 22.7 Å². The van der Waals surface area contributed by atoms with Gasteiger partial charge in [0, 0.05) is 30.7 Å². The molecule has 0 bridgehead atoms. The maximum atomic E-state index is 12.8. The lowest BCUT2D eigenvalue weighted by Crippen LogP contribution is -2.49. The van der Waals surface area contributed by atoms with E-state index in [1.807, 2.05) is 62.4 Å². The number of nitrogens with zero attached hydrogens (tertiary/aromatic N) is 1. The summed E-state index contributed by atoms with van der Waals surface area (Å²) in [5.74, 6) is 1.59. The van der Waals surface area contributed by atoms with Gasteiger partial charge >= 0.3 is 6.03 Å². The fourth-order valence-corrected chi connectivity index (χ4v) is 3.57. The molecule has 0 radical (unpaired) electrons. The number of anilines is 1. The van der Waals surface area contributed by atoms with Gasteiger partial charge in [0.05, 0.1) is 13.7 Å². The molecule has 7 nitrogen and oxygen atoms in total. The molecule has 3 rings (SSSR count). The summed E-state index contributed by atoms with van der Waals surface area (Å²) in [5.41, 5.74) is 1.26. The van der Waals surface area contributed by atoms with Gasteiger partial charge in [-0.05, 0) is 61.7 Å². The van der Waals surface area contributed by atoms with Crippen molar-refractivity contribution in [3.8, 4) is 11.5 Å². The van der Waals surface area contributed by atoms with E-state index in [9.17, 15) is 9.59 Å². The second-order valence-corrected chi connectivity index (χ2v) is 7.97. The van der Waals surface area contributed by atoms with Crippen molar-refractivity contribution in [2.75, 3.05) is 32.1 Å². The highest BCUT2D eigenvalue weighted by Gasteiger charge is 2.37. The van der Waals surface area contributed by atoms with E-state index in [0.29, 0.717) is 39.1 Å².